The molecule has 1 aromatic heterocycles. The normalized spacial score (nSPS) is 15.0. The molecule has 0 aliphatic carbocycles. The number of nitrogens with one attached hydrogen (secondary N) is 1. The summed E-state index contributed by atoms with van der Waals surface area (Å²) >= 11 is 6.00. The second kappa shape index (κ2) is 11.8. The zero-order valence-corrected chi connectivity index (χ0v) is 22.8. The first-order valence-corrected chi connectivity index (χ1v) is 13.7. The van der Waals surface area contributed by atoms with Gasteiger partial charge in [0.25, 0.3) is 0 Å². The van der Waals surface area contributed by atoms with Crippen molar-refractivity contribution >= 4 is 33.7 Å². The second-order valence-corrected chi connectivity index (χ2v) is 10.5. The molecule has 2 heterocycles. The molecule has 0 atom stereocenters. The van der Waals surface area contributed by atoms with E-state index in [1.54, 1.807) is 0 Å². The summed E-state index contributed by atoms with van der Waals surface area (Å²) in [6.07, 6.45) is -3.60. The van der Waals surface area contributed by atoms with E-state index in [-0.39, 0.29) is 10.6 Å². The van der Waals surface area contributed by atoms with Crippen LogP contribution in [-0.4, -0.2) is 36.1 Å². The van der Waals surface area contributed by atoms with Gasteiger partial charge in [0, 0.05) is 53.2 Å². The third kappa shape index (κ3) is 6.04. The molecule has 3 aromatic carbocycles. The molecule has 1 N–H and O–H groups in total. The Morgan fingerprint density at radius 1 is 1.07 bits per heavy atom. The largest absolute Gasteiger partial charge is 0.492 e. The first kappa shape index (κ1) is 27.8. The average molecular weight is 564 g/mol. The van der Waals surface area contributed by atoms with Crippen LogP contribution >= 0.6 is 11.6 Å². The molecule has 0 bridgehead atoms. The van der Waals surface area contributed by atoms with Crippen molar-refractivity contribution in [1.82, 2.24) is 9.88 Å². The van der Waals surface area contributed by atoms with Crippen LogP contribution in [0.2, 0.25) is 5.02 Å². The summed E-state index contributed by atoms with van der Waals surface area (Å²) in [5.41, 5.74) is 3.03. The number of alkyl halides is 3. The molecule has 4 aromatic rings. The van der Waals surface area contributed by atoms with Crippen LogP contribution in [0.15, 0.2) is 72.8 Å². The molecule has 5 rings (SSSR count). The summed E-state index contributed by atoms with van der Waals surface area (Å²) in [5, 5.41) is 9.82. The SMILES string of the molecule is CC/C(=C(/c1ccc(OCCN2CC(CC#N)C2)cc1)c1cc2ccccc2[nH]1)c1ccc(Cl)cc1C(F)(F)F. The number of likely N-dealkylation sites (tertiary alicyclic amines) is 1. The van der Waals surface area contributed by atoms with Gasteiger partial charge in [0.05, 0.1) is 11.6 Å². The van der Waals surface area contributed by atoms with E-state index in [1.807, 2.05) is 61.5 Å². The number of rotatable bonds is 9. The summed E-state index contributed by atoms with van der Waals surface area (Å²) in [4.78, 5) is 5.67. The van der Waals surface area contributed by atoms with Crippen molar-refractivity contribution in [2.24, 2.45) is 5.92 Å². The fourth-order valence-corrected chi connectivity index (χ4v) is 5.52. The van der Waals surface area contributed by atoms with Crippen molar-refractivity contribution in [1.29, 1.82) is 5.26 Å². The summed E-state index contributed by atoms with van der Waals surface area (Å²) < 4.78 is 48.4. The topological polar surface area (TPSA) is 52.0 Å². The molecule has 0 radical (unpaired) electrons. The van der Waals surface area contributed by atoms with Gasteiger partial charge in [0.15, 0.2) is 0 Å². The third-order valence-electron chi connectivity index (χ3n) is 7.30. The van der Waals surface area contributed by atoms with Crippen molar-refractivity contribution in [2.75, 3.05) is 26.2 Å². The Morgan fingerprint density at radius 2 is 1.82 bits per heavy atom. The highest BCUT2D eigenvalue weighted by atomic mass is 35.5. The molecule has 4 nitrogen and oxygen atoms in total. The molecule has 0 amide bonds. The molecule has 1 aliphatic rings. The van der Waals surface area contributed by atoms with Gasteiger partial charge in [-0.3, -0.25) is 4.90 Å². The van der Waals surface area contributed by atoms with Gasteiger partial charge in [0.2, 0.25) is 0 Å². The molecule has 1 aliphatic heterocycles. The lowest BCUT2D eigenvalue weighted by Crippen LogP contribution is -2.47. The van der Waals surface area contributed by atoms with Gasteiger partial charge in [-0.15, -0.1) is 0 Å². The van der Waals surface area contributed by atoms with Crippen LogP contribution in [0.3, 0.4) is 0 Å². The fourth-order valence-electron chi connectivity index (χ4n) is 5.34. The number of ether oxygens (including phenoxy) is 1. The van der Waals surface area contributed by atoms with E-state index < -0.39 is 11.7 Å². The van der Waals surface area contributed by atoms with Gasteiger partial charge >= 0.3 is 6.18 Å². The van der Waals surface area contributed by atoms with E-state index in [4.69, 9.17) is 21.6 Å². The Hall–Kier alpha value is -3.73. The van der Waals surface area contributed by atoms with Gasteiger partial charge in [-0.25, -0.2) is 0 Å². The standard InChI is InChI=1S/C32H29ClF3N3O/c1-2-26(27-12-9-24(33)18-28(27)32(34,35)36)31(30-17-23-5-3-4-6-29(23)38-30)22-7-10-25(11-8-22)40-16-15-39-19-21(20-39)13-14-37/h3-12,17-18,21,38H,2,13,15-16,19-20H2,1H3/b31-26+. The number of hydrogen-bond acceptors (Lipinski definition) is 3. The lowest BCUT2D eigenvalue weighted by molar-refractivity contribution is -0.137. The first-order chi connectivity index (χ1) is 19.3. The number of nitrogens with zero attached hydrogens (tertiary/aromatic N) is 2. The van der Waals surface area contributed by atoms with E-state index in [0.29, 0.717) is 42.3 Å². The number of para-hydroxylation sites is 1. The van der Waals surface area contributed by atoms with Crippen molar-refractivity contribution in [3.63, 3.8) is 0 Å². The maximum Gasteiger partial charge on any atom is 0.417 e. The van der Waals surface area contributed by atoms with Gasteiger partial charge in [-0.2, -0.15) is 18.4 Å². The van der Waals surface area contributed by atoms with E-state index in [9.17, 15) is 13.2 Å². The Bertz CT molecular complexity index is 1530. The van der Waals surface area contributed by atoms with Crippen LogP contribution in [0.5, 0.6) is 5.75 Å². The van der Waals surface area contributed by atoms with Crippen molar-refractivity contribution < 1.29 is 17.9 Å². The number of fused-ring (bicyclic) bond motifs is 1. The van der Waals surface area contributed by atoms with E-state index >= 15 is 0 Å². The van der Waals surface area contributed by atoms with Crippen LogP contribution < -0.4 is 4.74 Å². The molecule has 8 heteroatoms. The van der Waals surface area contributed by atoms with Crippen molar-refractivity contribution in [3.8, 4) is 11.8 Å². The van der Waals surface area contributed by atoms with E-state index in [1.165, 1.54) is 12.1 Å². The fraction of sp³-hybridized carbons (Fsp3) is 0.281. The molecule has 40 heavy (non-hydrogen) atoms. The molecule has 1 fully saturated rings. The number of halogens is 4. The highest BCUT2D eigenvalue weighted by Crippen LogP contribution is 2.42. The summed E-state index contributed by atoms with van der Waals surface area (Å²) in [6, 6.07) is 23.4. The molecule has 0 saturated carbocycles. The zero-order valence-electron chi connectivity index (χ0n) is 22.1. The van der Waals surface area contributed by atoms with Crippen LogP contribution in [-0.2, 0) is 6.18 Å². The Morgan fingerprint density at radius 3 is 2.50 bits per heavy atom. The number of allylic oxidation sites excluding steroid dienone is 1. The summed E-state index contributed by atoms with van der Waals surface area (Å²) in [7, 11) is 0. The molecule has 0 spiro atoms. The maximum atomic E-state index is 14.2. The zero-order chi connectivity index (χ0) is 28.3. The lowest BCUT2D eigenvalue weighted by Gasteiger charge is -2.37. The quantitative estimate of drug-likeness (QED) is 0.208. The molecular weight excluding hydrogens is 535 g/mol. The summed E-state index contributed by atoms with van der Waals surface area (Å²) in [6.45, 7) is 4.99. The van der Waals surface area contributed by atoms with E-state index in [2.05, 4.69) is 16.0 Å². The molecule has 1 saturated heterocycles. The predicted octanol–water partition coefficient (Wildman–Crippen LogP) is 8.43. The molecule has 206 valence electrons. The lowest BCUT2D eigenvalue weighted by atomic mass is 9.88. The predicted molar refractivity (Wildman–Crippen MR) is 153 cm³/mol. The highest BCUT2D eigenvalue weighted by Gasteiger charge is 2.35. The average Bonchev–Trinajstić information content (AvgIpc) is 3.34. The number of nitriles is 1. The number of aromatic nitrogens is 1. The Labute approximate surface area is 236 Å². The molecular formula is C32H29ClF3N3O. The van der Waals surface area contributed by atoms with E-state index in [0.717, 1.165) is 47.9 Å². The minimum atomic E-state index is -4.56. The summed E-state index contributed by atoms with van der Waals surface area (Å²) in [5.74, 6) is 1.14. The van der Waals surface area contributed by atoms with Crippen LogP contribution in [0.4, 0.5) is 13.2 Å². The first-order valence-electron chi connectivity index (χ1n) is 13.3. The molecule has 0 unspecified atom stereocenters. The Balaban J connectivity index is 1.50. The van der Waals surface area contributed by atoms with Gasteiger partial charge in [-0.1, -0.05) is 54.9 Å². The van der Waals surface area contributed by atoms with Gasteiger partial charge in [0.1, 0.15) is 12.4 Å². The monoisotopic (exact) mass is 563 g/mol. The van der Waals surface area contributed by atoms with Crippen LogP contribution in [0, 0.1) is 17.2 Å². The van der Waals surface area contributed by atoms with Crippen molar-refractivity contribution in [3.05, 3.63) is 100 Å². The maximum absolute atomic E-state index is 14.2. The number of benzene rings is 3. The van der Waals surface area contributed by atoms with Crippen LogP contribution in [0.1, 0.15) is 42.1 Å². The number of H-pyrrole nitrogens is 1. The van der Waals surface area contributed by atoms with Gasteiger partial charge in [-0.05, 0) is 65.4 Å². The minimum Gasteiger partial charge on any atom is -0.492 e. The smallest absolute Gasteiger partial charge is 0.417 e. The highest BCUT2D eigenvalue weighted by molar-refractivity contribution is 6.30. The van der Waals surface area contributed by atoms with Gasteiger partial charge < -0.3 is 9.72 Å². The van der Waals surface area contributed by atoms with Crippen LogP contribution in [0.25, 0.3) is 22.0 Å². The number of aromatic amines is 1. The Kier molecular flexibility index (Phi) is 8.20. The minimum absolute atomic E-state index is 0.0407. The van der Waals surface area contributed by atoms with Crippen molar-refractivity contribution in [2.45, 2.75) is 25.9 Å². The second-order valence-electron chi connectivity index (χ2n) is 10.0. The number of hydrogen-bond donors (Lipinski definition) is 1. The third-order valence-corrected chi connectivity index (χ3v) is 7.53.